The van der Waals surface area contributed by atoms with Gasteiger partial charge in [0, 0.05) is 17.5 Å². The molecule has 20 heavy (non-hydrogen) atoms. The maximum Gasteiger partial charge on any atom is 0.307 e. The second-order valence-corrected chi connectivity index (χ2v) is 4.39. The van der Waals surface area contributed by atoms with Crippen LogP contribution in [-0.4, -0.2) is 32.4 Å². The molecular weight excluding hydrogens is 258 g/mol. The van der Waals surface area contributed by atoms with Crippen LogP contribution in [-0.2, 0) is 11.2 Å². The standard InChI is InChI=1S/C14H17N3O3/c1-4-20-12-6-5-7-15-14(12)17-10(3)11(8-13(18)19)9(2)16-17/h5-7H,4,8H2,1-3H3,(H,18,19). The van der Waals surface area contributed by atoms with E-state index < -0.39 is 5.97 Å². The summed E-state index contributed by atoms with van der Waals surface area (Å²) in [6, 6.07) is 3.61. The minimum absolute atomic E-state index is 0.0472. The molecular formula is C14H17N3O3. The lowest BCUT2D eigenvalue weighted by molar-refractivity contribution is -0.136. The highest BCUT2D eigenvalue weighted by Crippen LogP contribution is 2.24. The molecule has 0 bridgehead atoms. The quantitative estimate of drug-likeness (QED) is 0.902. The van der Waals surface area contributed by atoms with Crippen molar-refractivity contribution in [2.75, 3.05) is 6.61 Å². The van der Waals surface area contributed by atoms with Gasteiger partial charge in [0.25, 0.3) is 0 Å². The summed E-state index contributed by atoms with van der Waals surface area (Å²) in [7, 11) is 0. The third kappa shape index (κ3) is 2.64. The van der Waals surface area contributed by atoms with Crippen LogP contribution in [0.2, 0.25) is 0 Å². The number of hydrogen-bond donors (Lipinski definition) is 1. The molecule has 2 heterocycles. The largest absolute Gasteiger partial charge is 0.490 e. The minimum atomic E-state index is -0.873. The van der Waals surface area contributed by atoms with Gasteiger partial charge in [-0.05, 0) is 32.9 Å². The van der Waals surface area contributed by atoms with Crippen molar-refractivity contribution in [3.63, 3.8) is 0 Å². The number of rotatable bonds is 5. The van der Waals surface area contributed by atoms with Crippen molar-refractivity contribution in [1.29, 1.82) is 0 Å². The van der Waals surface area contributed by atoms with Crippen LogP contribution < -0.4 is 4.74 Å². The lowest BCUT2D eigenvalue weighted by Gasteiger charge is -2.10. The van der Waals surface area contributed by atoms with Gasteiger partial charge in [0.2, 0.25) is 0 Å². The Morgan fingerprint density at radius 2 is 2.20 bits per heavy atom. The van der Waals surface area contributed by atoms with Gasteiger partial charge in [-0.2, -0.15) is 5.10 Å². The Balaban J connectivity index is 2.51. The molecule has 2 aromatic rings. The SMILES string of the molecule is CCOc1cccnc1-n1nc(C)c(CC(=O)O)c1C. The van der Waals surface area contributed by atoms with E-state index in [-0.39, 0.29) is 6.42 Å². The first-order chi connectivity index (χ1) is 9.54. The summed E-state index contributed by atoms with van der Waals surface area (Å²) in [6.07, 6.45) is 1.61. The van der Waals surface area contributed by atoms with Crippen molar-refractivity contribution >= 4 is 5.97 Å². The maximum absolute atomic E-state index is 10.9. The Kier molecular flexibility index (Phi) is 4.02. The van der Waals surface area contributed by atoms with Crippen LogP contribution in [0.25, 0.3) is 5.82 Å². The Morgan fingerprint density at radius 3 is 2.85 bits per heavy atom. The van der Waals surface area contributed by atoms with Gasteiger partial charge in [0.1, 0.15) is 0 Å². The van der Waals surface area contributed by atoms with Crippen molar-refractivity contribution in [3.05, 3.63) is 35.3 Å². The van der Waals surface area contributed by atoms with Crippen LogP contribution in [0.1, 0.15) is 23.9 Å². The molecule has 0 saturated carbocycles. The number of aliphatic carboxylic acids is 1. The zero-order valence-electron chi connectivity index (χ0n) is 11.8. The topological polar surface area (TPSA) is 77.2 Å². The molecule has 2 rings (SSSR count). The van der Waals surface area contributed by atoms with E-state index in [1.54, 1.807) is 23.9 Å². The molecule has 0 aliphatic carbocycles. The second kappa shape index (κ2) is 5.73. The molecule has 6 nitrogen and oxygen atoms in total. The molecule has 0 aromatic carbocycles. The molecule has 0 aliphatic heterocycles. The van der Waals surface area contributed by atoms with E-state index in [4.69, 9.17) is 9.84 Å². The lowest BCUT2D eigenvalue weighted by atomic mass is 10.1. The van der Waals surface area contributed by atoms with Gasteiger partial charge in [0.15, 0.2) is 11.6 Å². The molecule has 2 aromatic heterocycles. The average Bonchev–Trinajstić information content (AvgIpc) is 2.67. The van der Waals surface area contributed by atoms with Crippen LogP contribution in [0.5, 0.6) is 5.75 Å². The number of ether oxygens (including phenoxy) is 1. The summed E-state index contributed by atoms with van der Waals surface area (Å²) >= 11 is 0. The number of carboxylic acids is 1. The number of carboxylic acid groups (broad SMARTS) is 1. The fraction of sp³-hybridized carbons (Fsp3) is 0.357. The highest BCUT2D eigenvalue weighted by Gasteiger charge is 2.18. The molecule has 0 aliphatic rings. The zero-order valence-corrected chi connectivity index (χ0v) is 11.8. The Morgan fingerprint density at radius 1 is 1.45 bits per heavy atom. The Labute approximate surface area is 117 Å². The first kappa shape index (κ1) is 14.0. The van der Waals surface area contributed by atoms with E-state index in [1.165, 1.54) is 0 Å². The smallest absolute Gasteiger partial charge is 0.307 e. The van der Waals surface area contributed by atoms with Crippen LogP contribution in [0.4, 0.5) is 0 Å². The van der Waals surface area contributed by atoms with Gasteiger partial charge in [-0.25, -0.2) is 9.67 Å². The summed E-state index contributed by atoms with van der Waals surface area (Å²) in [5.74, 6) is 0.330. The van der Waals surface area contributed by atoms with Gasteiger partial charge in [-0.1, -0.05) is 0 Å². The number of pyridine rings is 1. The number of carbonyl (C=O) groups is 1. The Hall–Kier alpha value is -2.37. The lowest BCUT2D eigenvalue weighted by Crippen LogP contribution is -2.07. The zero-order chi connectivity index (χ0) is 14.7. The van der Waals surface area contributed by atoms with Gasteiger partial charge in [0.05, 0.1) is 18.7 Å². The predicted molar refractivity (Wildman–Crippen MR) is 73.3 cm³/mol. The number of aryl methyl sites for hydroxylation is 1. The summed E-state index contributed by atoms with van der Waals surface area (Å²) in [5, 5.41) is 13.3. The normalized spacial score (nSPS) is 10.6. The van der Waals surface area contributed by atoms with Crippen LogP contribution in [0.3, 0.4) is 0 Å². The monoisotopic (exact) mass is 275 g/mol. The van der Waals surface area contributed by atoms with Gasteiger partial charge >= 0.3 is 5.97 Å². The van der Waals surface area contributed by atoms with E-state index in [0.717, 1.165) is 5.69 Å². The summed E-state index contributed by atoms with van der Waals surface area (Å²) in [5.41, 5.74) is 2.17. The summed E-state index contributed by atoms with van der Waals surface area (Å²) in [6.45, 7) is 6.06. The maximum atomic E-state index is 10.9. The molecule has 0 atom stereocenters. The van der Waals surface area contributed by atoms with Gasteiger partial charge in [-0.3, -0.25) is 4.79 Å². The van der Waals surface area contributed by atoms with E-state index in [2.05, 4.69) is 10.1 Å². The molecule has 0 radical (unpaired) electrons. The van der Waals surface area contributed by atoms with E-state index in [1.807, 2.05) is 19.9 Å². The molecule has 0 amide bonds. The molecule has 0 saturated heterocycles. The van der Waals surface area contributed by atoms with Gasteiger partial charge in [-0.15, -0.1) is 0 Å². The van der Waals surface area contributed by atoms with Gasteiger partial charge < -0.3 is 9.84 Å². The minimum Gasteiger partial charge on any atom is -0.490 e. The van der Waals surface area contributed by atoms with E-state index >= 15 is 0 Å². The number of aromatic nitrogens is 3. The molecule has 0 spiro atoms. The van der Waals surface area contributed by atoms with Crippen LogP contribution >= 0.6 is 0 Å². The fourth-order valence-electron chi connectivity index (χ4n) is 2.10. The molecule has 0 fully saturated rings. The van der Waals surface area contributed by atoms with Crippen molar-refractivity contribution in [3.8, 4) is 11.6 Å². The number of nitrogens with zero attached hydrogens (tertiary/aromatic N) is 3. The molecule has 6 heteroatoms. The molecule has 1 N–H and O–H groups in total. The third-order valence-corrected chi connectivity index (χ3v) is 3.02. The molecule has 106 valence electrons. The van der Waals surface area contributed by atoms with E-state index in [9.17, 15) is 4.79 Å². The predicted octanol–water partition coefficient (Wildman–Crippen LogP) is 1.91. The van der Waals surface area contributed by atoms with Crippen molar-refractivity contribution in [2.24, 2.45) is 0 Å². The third-order valence-electron chi connectivity index (χ3n) is 3.02. The number of hydrogen-bond acceptors (Lipinski definition) is 4. The van der Waals surface area contributed by atoms with Crippen LogP contribution in [0.15, 0.2) is 18.3 Å². The highest BCUT2D eigenvalue weighted by atomic mass is 16.5. The first-order valence-electron chi connectivity index (χ1n) is 6.39. The summed E-state index contributed by atoms with van der Waals surface area (Å²) < 4.78 is 7.17. The average molecular weight is 275 g/mol. The first-order valence-corrected chi connectivity index (χ1v) is 6.39. The summed E-state index contributed by atoms with van der Waals surface area (Å²) in [4.78, 5) is 15.2. The highest BCUT2D eigenvalue weighted by molar-refractivity contribution is 5.71. The second-order valence-electron chi connectivity index (χ2n) is 4.39. The Bertz CT molecular complexity index is 635. The van der Waals surface area contributed by atoms with Crippen molar-refractivity contribution < 1.29 is 14.6 Å². The van der Waals surface area contributed by atoms with Crippen LogP contribution in [0, 0.1) is 13.8 Å². The van der Waals surface area contributed by atoms with Crippen molar-refractivity contribution in [2.45, 2.75) is 27.2 Å². The van der Waals surface area contributed by atoms with E-state index in [0.29, 0.717) is 29.4 Å². The molecule has 0 unspecified atom stereocenters. The van der Waals surface area contributed by atoms with Crippen molar-refractivity contribution in [1.82, 2.24) is 14.8 Å². The fourth-order valence-corrected chi connectivity index (χ4v) is 2.10.